The summed E-state index contributed by atoms with van der Waals surface area (Å²) in [4.78, 5) is 24.3. The van der Waals surface area contributed by atoms with Gasteiger partial charge in [0.25, 0.3) is 5.91 Å². The number of aryl methyl sites for hydroxylation is 1. The summed E-state index contributed by atoms with van der Waals surface area (Å²) in [7, 11) is 1.49. The lowest BCUT2D eigenvalue weighted by molar-refractivity contribution is -0.112. The normalized spacial score (nSPS) is 11.2. The monoisotopic (exact) mass is 351 g/mol. The molecule has 0 saturated carbocycles. The number of carbonyl (C=O) groups is 2. The van der Waals surface area contributed by atoms with Gasteiger partial charge in [0, 0.05) is 5.69 Å². The highest BCUT2D eigenvalue weighted by molar-refractivity contribution is 6.06. The average molecular weight is 351 g/mol. The highest BCUT2D eigenvalue weighted by Crippen LogP contribution is 2.18. The number of hydrogen-bond acceptors (Lipinski definition) is 4. The van der Waals surface area contributed by atoms with Crippen LogP contribution >= 0.6 is 0 Å². The summed E-state index contributed by atoms with van der Waals surface area (Å²) in [6.07, 6.45) is 1.44. The van der Waals surface area contributed by atoms with Crippen molar-refractivity contribution in [3.8, 4) is 5.75 Å². The second kappa shape index (κ2) is 8.67. The van der Waals surface area contributed by atoms with Crippen molar-refractivity contribution in [3.63, 3.8) is 0 Å². The third kappa shape index (κ3) is 4.83. The molecule has 0 aromatic heterocycles. The third-order valence-electron chi connectivity index (χ3n) is 3.74. The minimum atomic E-state index is -0.436. The standard InChI is InChI=1S/C21H21NO4/c1-5-19(15(3)25-4)20(23)22-17-10-12-18(13-11-17)26-21(24)16-8-6-14(2)7-9-16/h5-13H,1H2,2-4H3,(H,22,23)/b19-15+. The van der Waals surface area contributed by atoms with Crippen LogP contribution < -0.4 is 10.1 Å². The van der Waals surface area contributed by atoms with E-state index in [1.807, 2.05) is 19.1 Å². The molecule has 0 radical (unpaired) electrons. The first-order valence-corrected chi connectivity index (χ1v) is 8.02. The molecule has 0 aliphatic rings. The number of esters is 1. The van der Waals surface area contributed by atoms with E-state index >= 15 is 0 Å². The Morgan fingerprint density at radius 3 is 2.19 bits per heavy atom. The molecule has 2 rings (SSSR count). The number of nitrogens with one attached hydrogen (secondary N) is 1. The Hall–Kier alpha value is -3.34. The number of allylic oxidation sites excluding steroid dienone is 1. The SMILES string of the molecule is C=C/C(C(=O)Nc1ccc(OC(=O)c2ccc(C)cc2)cc1)=C(/C)OC. The first kappa shape index (κ1) is 19.0. The van der Waals surface area contributed by atoms with Crippen molar-refractivity contribution in [2.75, 3.05) is 12.4 Å². The smallest absolute Gasteiger partial charge is 0.343 e. The minimum Gasteiger partial charge on any atom is -0.501 e. The van der Waals surface area contributed by atoms with E-state index in [9.17, 15) is 9.59 Å². The molecular formula is C21H21NO4. The average Bonchev–Trinajstić information content (AvgIpc) is 2.64. The van der Waals surface area contributed by atoms with Gasteiger partial charge < -0.3 is 14.8 Å². The summed E-state index contributed by atoms with van der Waals surface area (Å²) in [6, 6.07) is 13.7. The van der Waals surface area contributed by atoms with Crippen LogP contribution in [0.25, 0.3) is 0 Å². The van der Waals surface area contributed by atoms with Gasteiger partial charge in [0.2, 0.25) is 0 Å². The second-order valence-corrected chi connectivity index (χ2v) is 5.61. The molecule has 5 heteroatoms. The zero-order valence-corrected chi connectivity index (χ0v) is 15.0. The van der Waals surface area contributed by atoms with Gasteiger partial charge >= 0.3 is 5.97 Å². The van der Waals surface area contributed by atoms with Crippen molar-refractivity contribution in [1.82, 2.24) is 0 Å². The van der Waals surface area contributed by atoms with Gasteiger partial charge in [-0.15, -0.1) is 0 Å². The molecule has 5 nitrogen and oxygen atoms in total. The summed E-state index contributed by atoms with van der Waals surface area (Å²) < 4.78 is 10.4. The van der Waals surface area contributed by atoms with Crippen molar-refractivity contribution in [3.05, 3.63) is 83.6 Å². The predicted molar refractivity (Wildman–Crippen MR) is 101 cm³/mol. The van der Waals surface area contributed by atoms with Gasteiger partial charge in [0.05, 0.1) is 18.2 Å². The number of methoxy groups -OCH3 is 1. The first-order valence-electron chi connectivity index (χ1n) is 8.02. The van der Waals surface area contributed by atoms with Crippen LogP contribution in [0.2, 0.25) is 0 Å². The van der Waals surface area contributed by atoms with E-state index < -0.39 is 5.97 Å². The second-order valence-electron chi connectivity index (χ2n) is 5.61. The van der Waals surface area contributed by atoms with E-state index in [1.165, 1.54) is 13.2 Å². The molecule has 0 bridgehead atoms. The van der Waals surface area contributed by atoms with E-state index in [0.29, 0.717) is 28.3 Å². The molecular weight excluding hydrogens is 330 g/mol. The molecule has 0 heterocycles. The van der Waals surface area contributed by atoms with Crippen LogP contribution in [0.1, 0.15) is 22.8 Å². The summed E-state index contributed by atoms with van der Waals surface area (Å²) in [5.41, 5.74) is 2.46. The Kier molecular flexibility index (Phi) is 6.33. The number of benzene rings is 2. The van der Waals surface area contributed by atoms with E-state index in [-0.39, 0.29) is 5.91 Å². The summed E-state index contributed by atoms with van der Waals surface area (Å²) in [5.74, 6) is 0.0976. The molecule has 0 saturated heterocycles. The topological polar surface area (TPSA) is 64.6 Å². The Morgan fingerprint density at radius 1 is 1.04 bits per heavy atom. The van der Waals surface area contributed by atoms with E-state index in [4.69, 9.17) is 9.47 Å². The molecule has 1 amide bonds. The van der Waals surface area contributed by atoms with Gasteiger partial charge in [0.1, 0.15) is 11.5 Å². The number of anilines is 1. The van der Waals surface area contributed by atoms with Crippen molar-refractivity contribution < 1.29 is 19.1 Å². The van der Waals surface area contributed by atoms with Crippen LogP contribution in [0.15, 0.2) is 72.5 Å². The van der Waals surface area contributed by atoms with Gasteiger partial charge in [-0.2, -0.15) is 0 Å². The molecule has 0 fully saturated rings. The zero-order valence-electron chi connectivity index (χ0n) is 15.0. The highest BCUT2D eigenvalue weighted by Gasteiger charge is 2.12. The van der Waals surface area contributed by atoms with Crippen molar-refractivity contribution in [2.24, 2.45) is 0 Å². The third-order valence-corrected chi connectivity index (χ3v) is 3.74. The van der Waals surface area contributed by atoms with Crippen LogP contribution in [-0.4, -0.2) is 19.0 Å². The molecule has 0 aliphatic carbocycles. The van der Waals surface area contributed by atoms with Gasteiger partial charge in [-0.05, 0) is 50.2 Å². The summed E-state index contributed by atoms with van der Waals surface area (Å²) in [5, 5.41) is 2.74. The number of ether oxygens (including phenoxy) is 2. The maximum Gasteiger partial charge on any atom is 0.343 e. The number of amides is 1. The molecule has 2 aromatic rings. The maximum atomic E-state index is 12.2. The van der Waals surface area contributed by atoms with Crippen molar-refractivity contribution >= 4 is 17.6 Å². The van der Waals surface area contributed by atoms with Crippen LogP contribution in [0.4, 0.5) is 5.69 Å². The lowest BCUT2D eigenvalue weighted by Crippen LogP contribution is -2.15. The summed E-state index contributed by atoms with van der Waals surface area (Å²) in [6.45, 7) is 7.25. The number of carbonyl (C=O) groups excluding carboxylic acids is 2. The Labute approximate surface area is 152 Å². The molecule has 0 unspecified atom stereocenters. The van der Waals surface area contributed by atoms with E-state index in [2.05, 4.69) is 11.9 Å². The lowest BCUT2D eigenvalue weighted by atomic mass is 10.1. The molecule has 1 N–H and O–H groups in total. The van der Waals surface area contributed by atoms with Crippen LogP contribution in [-0.2, 0) is 9.53 Å². The van der Waals surface area contributed by atoms with Crippen molar-refractivity contribution in [1.29, 1.82) is 0 Å². The van der Waals surface area contributed by atoms with Gasteiger partial charge in [-0.25, -0.2) is 4.79 Å². The molecule has 134 valence electrons. The quantitative estimate of drug-likeness (QED) is 0.278. The van der Waals surface area contributed by atoms with Crippen molar-refractivity contribution in [2.45, 2.75) is 13.8 Å². The Morgan fingerprint density at radius 2 is 1.65 bits per heavy atom. The van der Waals surface area contributed by atoms with Crippen LogP contribution in [0.3, 0.4) is 0 Å². The van der Waals surface area contributed by atoms with Crippen LogP contribution in [0, 0.1) is 6.92 Å². The van der Waals surface area contributed by atoms with Gasteiger partial charge in [0.15, 0.2) is 0 Å². The first-order chi connectivity index (χ1) is 12.4. The number of rotatable bonds is 6. The van der Waals surface area contributed by atoms with Gasteiger partial charge in [-0.3, -0.25) is 4.79 Å². The van der Waals surface area contributed by atoms with E-state index in [0.717, 1.165) is 5.56 Å². The predicted octanol–water partition coefficient (Wildman–Crippen LogP) is 4.26. The summed E-state index contributed by atoms with van der Waals surface area (Å²) >= 11 is 0. The molecule has 2 aromatic carbocycles. The zero-order chi connectivity index (χ0) is 19.1. The molecule has 0 aliphatic heterocycles. The number of hydrogen-bond donors (Lipinski definition) is 1. The Bertz CT molecular complexity index is 833. The van der Waals surface area contributed by atoms with Crippen LogP contribution in [0.5, 0.6) is 5.75 Å². The highest BCUT2D eigenvalue weighted by atomic mass is 16.5. The molecule has 0 spiro atoms. The Balaban J connectivity index is 2.04. The fraction of sp³-hybridized carbons (Fsp3) is 0.143. The maximum absolute atomic E-state index is 12.2. The van der Waals surface area contributed by atoms with E-state index in [1.54, 1.807) is 43.3 Å². The fourth-order valence-corrected chi connectivity index (χ4v) is 2.17. The molecule has 0 atom stereocenters. The minimum absolute atomic E-state index is 0.330. The lowest BCUT2D eigenvalue weighted by Gasteiger charge is -2.10. The molecule has 26 heavy (non-hydrogen) atoms. The largest absolute Gasteiger partial charge is 0.501 e. The van der Waals surface area contributed by atoms with Gasteiger partial charge in [-0.1, -0.05) is 30.4 Å². The fourth-order valence-electron chi connectivity index (χ4n) is 2.17.